The Hall–Kier alpha value is -2.04. The molecular formula is C24H34O. The van der Waals surface area contributed by atoms with Gasteiger partial charge in [0.2, 0.25) is 0 Å². The summed E-state index contributed by atoms with van der Waals surface area (Å²) in [4.78, 5) is 0. The van der Waals surface area contributed by atoms with Crippen LogP contribution in [-0.4, -0.2) is 6.10 Å². The minimum absolute atomic E-state index is 0.0565. The van der Waals surface area contributed by atoms with Crippen LogP contribution < -0.4 is 0 Å². The largest absolute Gasteiger partial charge is 0.369 e. The minimum atomic E-state index is 0.0565. The summed E-state index contributed by atoms with van der Waals surface area (Å²) < 4.78 is 5.93. The Morgan fingerprint density at radius 1 is 1.24 bits per heavy atom. The second-order valence-electron chi connectivity index (χ2n) is 6.84. The van der Waals surface area contributed by atoms with Crippen molar-refractivity contribution in [2.75, 3.05) is 0 Å². The highest BCUT2D eigenvalue weighted by Crippen LogP contribution is 2.22. The predicted molar refractivity (Wildman–Crippen MR) is 112 cm³/mol. The fourth-order valence-electron chi connectivity index (χ4n) is 1.95. The lowest BCUT2D eigenvalue weighted by Gasteiger charge is -2.19. The molecule has 1 atom stereocenters. The maximum Gasteiger partial charge on any atom is 0.0761 e. The standard InChI is InChI=1S/C22H28O.C2H6/c1-8-17(2)10-9-11-18(3)19(4)23-16-20-12-14-21(15-13-20)22(5,6)7;1-2/h1,9-15,19H,2,16H2,3-7H3;1-2H3/b10-9-,18-11+;. The molecule has 136 valence electrons. The van der Waals surface area contributed by atoms with E-state index in [9.17, 15) is 0 Å². The van der Waals surface area contributed by atoms with Crippen LogP contribution in [0.4, 0.5) is 0 Å². The topological polar surface area (TPSA) is 9.23 Å². The van der Waals surface area contributed by atoms with Crippen molar-refractivity contribution in [2.45, 2.75) is 66.6 Å². The monoisotopic (exact) mass is 338 g/mol. The van der Waals surface area contributed by atoms with Crippen molar-refractivity contribution in [3.05, 3.63) is 71.3 Å². The van der Waals surface area contributed by atoms with E-state index in [0.29, 0.717) is 12.2 Å². The van der Waals surface area contributed by atoms with Crippen LogP contribution in [0.5, 0.6) is 0 Å². The fourth-order valence-corrected chi connectivity index (χ4v) is 1.95. The summed E-state index contributed by atoms with van der Waals surface area (Å²) >= 11 is 0. The Morgan fingerprint density at radius 3 is 2.28 bits per heavy atom. The average Bonchev–Trinajstić information content (AvgIpc) is 2.60. The first-order valence-corrected chi connectivity index (χ1v) is 8.95. The number of terminal acetylenes is 1. The number of hydrogen-bond donors (Lipinski definition) is 0. The highest BCUT2D eigenvalue weighted by atomic mass is 16.5. The molecule has 0 N–H and O–H groups in total. The summed E-state index contributed by atoms with van der Waals surface area (Å²) in [6.45, 7) is 19.1. The van der Waals surface area contributed by atoms with Gasteiger partial charge in [0, 0.05) is 5.57 Å². The van der Waals surface area contributed by atoms with E-state index in [2.05, 4.69) is 71.4 Å². The van der Waals surface area contributed by atoms with Gasteiger partial charge in [-0.25, -0.2) is 0 Å². The van der Waals surface area contributed by atoms with Gasteiger partial charge < -0.3 is 4.74 Å². The van der Waals surface area contributed by atoms with Gasteiger partial charge in [-0.1, -0.05) is 83.5 Å². The molecule has 0 fully saturated rings. The maximum atomic E-state index is 5.93. The minimum Gasteiger partial charge on any atom is -0.369 e. The average molecular weight is 339 g/mol. The molecule has 0 amide bonds. The zero-order valence-corrected chi connectivity index (χ0v) is 17.0. The highest BCUT2D eigenvalue weighted by molar-refractivity contribution is 5.35. The Balaban J connectivity index is 0.00000277. The first-order chi connectivity index (χ1) is 11.7. The van der Waals surface area contributed by atoms with E-state index in [0.717, 1.165) is 5.57 Å². The molecule has 0 spiro atoms. The fraction of sp³-hybridized carbons (Fsp3) is 0.417. The van der Waals surface area contributed by atoms with E-state index in [1.54, 1.807) is 0 Å². The molecule has 1 rings (SSSR count). The molecule has 1 aromatic rings. The van der Waals surface area contributed by atoms with Crippen LogP contribution in [0.25, 0.3) is 0 Å². The molecule has 0 radical (unpaired) electrons. The number of rotatable bonds is 6. The number of ether oxygens (including phenoxy) is 1. The molecule has 0 aliphatic rings. The zero-order valence-electron chi connectivity index (χ0n) is 17.0. The van der Waals surface area contributed by atoms with Crippen molar-refractivity contribution in [3.63, 3.8) is 0 Å². The lowest BCUT2D eigenvalue weighted by molar-refractivity contribution is 0.0766. The third kappa shape index (κ3) is 9.13. The van der Waals surface area contributed by atoms with Crippen LogP contribution in [0, 0.1) is 12.3 Å². The Bertz CT molecular complexity index is 616. The van der Waals surface area contributed by atoms with Crippen LogP contribution >= 0.6 is 0 Å². The van der Waals surface area contributed by atoms with Gasteiger partial charge in [0.1, 0.15) is 0 Å². The molecule has 0 saturated carbocycles. The summed E-state index contributed by atoms with van der Waals surface area (Å²) in [5, 5.41) is 0. The Morgan fingerprint density at radius 2 is 1.80 bits per heavy atom. The molecule has 1 aromatic carbocycles. The van der Waals surface area contributed by atoms with Gasteiger partial charge in [0.25, 0.3) is 0 Å². The molecule has 0 aliphatic carbocycles. The summed E-state index contributed by atoms with van der Waals surface area (Å²) in [7, 11) is 0. The predicted octanol–water partition coefficient (Wildman–Crippen LogP) is 6.61. The lowest BCUT2D eigenvalue weighted by atomic mass is 9.87. The van der Waals surface area contributed by atoms with Crippen molar-refractivity contribution in [1.29, 1.82) is 0 Å². The maximum absolute atomic E-state index is 5.93. The second kappa shape index (κ2) is 11.5. The van der Waals surface area contributed by atoms with E-state index in [1.165, 1.54) is 11.1 Å². The Kier molecular flexibility index (Phi) is 10.6. The molecule has 1 nitrogen and oxygen atoms in total. The first-order valence-electron chi connectivity index (χ1n) is 8.95. The number of benzene rings is 1. The SMILES string of the molecule is C#CC(=C)/C=C\C=C(/C)C(C)OCc1ccc(C(C)(C)C)cc1.CC. The van der Waals surface area contributed by atoms with Crippen LogP contribution in [0.15, 0.2) is 60.2 Å². The van der Waals surface area contributed by atoms with Crippen molar-refractivity contribution in [2.24, 2.45) is 0 Å². The molecule has 1 heteroatoms. The molecule has 25 heavy (non-hydrogen) atoms. The van der Waals surface area contributed by atoms with E-state index in [1.807, 2.05) is 32.1 Å². The van der Waals surface area contributed by atoms with Gasteiger partial charge in [-0.3, -0.25) is 0 Å². The van der Waals surface area contributed by atoms with Crippen molar-refractivity contribution in [3.8, 4) is 12.3 Å². The number of allylic oxidation sites excluding steroid dienone is 4. The summed E-state index contributed by atoms with van der Waals surface area (Å²) in [5.41, 5.74) is 4.53. The summed E-state index contributed by atoms with van der Waals surface area (Å²) in [6, 6.07) is 8.65. The van der Waals surface area contributed by atoms with Crippen molar-refractivity contribution < 1.29 is 4.74 Å². The van der Waals surface area contributed by atoms with Gasteiger partial charge in [-0.2, -0.15) is 0 Å². The third-order valence-electron chi connectivity index (χ3n) is 3.80. The molecule has 0 bridgehead atoms. The van der Waals surface area contributed by atoms with E-state index < -0.39 is 0 Å². The van der Waals surface area contributed by atoms with Gasteiger partial charge in [0.05, 0.1) is 12.7 Å². The number of hydrogen-bond acceptors (Lipinski definition) is 1. The molecule has 0 heterocycles. The third-order valence-corrected chi connectivity index (χ3v) is 3.80. The molecule has 1 unspecified atom stereocenters. The van der Waals surface area contributed by atoms with Crippen molar-refractivity contribution >= 4 is 0 Å². The summed E-state index contributed by atoms with van der Waals surface area (Å²) in [5.74, 6) is 2.49. The quantitative estimate of drug-likeness (QED) is 0.419. The summed E-state index contributed by atoms with van der Waals surface area (Å²) in [6.07, 6.45) is 11.1. The first kappa shape index (κ1) is 23.0. The van der Waals surface area contributed by atoms with Crippen LogP contribution in [-0.2, 0) is 16.8 Å². The Labute approximate surface area is 155 Å². The highest BCUT2D eigenvalue weighted by Gasteiger charge is 2.13. The van der Waals surface area contributed by atoms with Crippen molar-refractivity contribution in [1.82, 2.24) is 0 Å². The lowest BCUT2D eigenvalue weighted by Crippen LogP contribution is -2.12. The van der Waals surface area contributed by atoms with E-state index >= 15 is 0 Å². The molecule has 0 saturated heterocycles. The molecule has 0 aromatic heterocycles. The van der Waals surface area contributed by atoms with Gasteiger partial charge >= 0.3 is 0 Å². The van der Waals surface area contributed by atoms with E-state index in [4.69, 9.17) is 11.2 Å². The molecule has 0 aliphatic heterocycles. The molecular weight excluding hydrogens is 304 g/mol. The van der Waals surface area contributed by atoms with Gasteiger partial charge in [-0.15, -0.1) is 6.42 Å². The smallest absolute Gasteiger partial charge is 0.0761 e. The van der Waals surface area contributed by atoms with Gasteiger partial charge in [-0.05, 0) is 42.0 Å². The van der Waals surface area contributed by atoms with Gasteiger partial charge in [0.15, 0.2) is 0 Å². The van der Waals surface area contributed by atoms with Crippen LogP contribution in [0.2, 0.25) is 0 Å². The van der Waals surface area contributed by atoms with E-state index in [-0.39, 0.29) is 11.5 Å². The van der Waals surface area contributed by atoms with Crippen LogP contribution in [0.3, 0.4) is 0 Å². The normalized spacial score (nSPS) is 13.0. The second-order valence-corrected chi connectivity index (χ2v) is 6.84. The zero-order chi connectivity index (χ0) is 19.5. The van der Waals surface area contributed by atoms with Crippen LogP contribution in [0.1, 0.15) is 59.6 Å².